The number of nitrogens with zero attached hydrogens (tertiary/aromatic N) is 4. The van der Waals surface area contributed by atoms with Crippen LogP contribution in [0.4, 0.5) is 11.6 Å². The van der Waals surface area contributed by atoms with Crippen molar-refractivity contribution in [2.24, 2.45) is 16.5 Å². The maximum atomic E-state index is 11.7. The summed E-state index contributed by atoms with van der Waals surface area (Å²) in [5.74, 6) is -3.70. The van der Waals surface area contributed by atoms with Crippen LogP contribution in [0.3, 0.4) is 0 Å². The first kappa shape index (κ1) is 22.5. The van der Waals surface area contributed by atoms with Crippen LogP contribution >= 0.6 is 0 Å². The minimum atomic E-state index is -1.29. The number of carbonyl (C=O) groups is 3. The number of aliphatic imine (C=N–C) groups is 1. The van der Waals surface area contributed by atoms with Crippen LogP contribution in [0.5, 0.6) is 0 Å². The summed E-state index contributed by atoms with van der Waals surface area (Å²) in [5.41, 5.74) is 10.7. The predicted molar refractivity (Wildman–Crippen MR) is 96.0 cm³/mol. The SMILES string of the molecule is CC(=O)OC[C@H]1O[C@@H](n2cnc([N+](=O)[O-])c2N=C(N)N)[C@H](OC(C)=O)[C@@H]1OC(C)=O. The van der Waals surface area contributed by atoms with Crippen molar-refractivity contribution in [2.45, 2.75) is 45.3 Å². The maximum Gasteiger partial charge on any atom is 0.409 e. The quantitative estimate of drug-likeness (QED) is 0.134. The fraction of sp³-hybridized carbons (Fsp3) is 0.533. The van der Waals surface area contributed by atoms with Crippen molar-refractivity contribution in [1.29, 1.82) is 0 Å². The van der Waals surface area contributed by atoms with Crippen molar-refractivity contribution < 1.29 is 38.3 Å². The van der Waals surface area contributed by atoms with Crippen LogP contribution in [0.25, 0.3) is 0 Å². The molecule has 2 heterocycles. The number of nitro groups is 1. The Kier molecular flexibility index (Phi) is 6.89. The zero-order valence-electron chi connectivity index (χ0n) is 16.2. The highest BCUT2D eigenvalue weighted by atomic mass is 16.7. The van der Waals surface area contributed by atoms with Gasteiger partial charge in [-0.05, 0) is 9.91 Å². The molecule has 1 aromatic rings. The van der Waals surface area contributed by atoms with Gasteiger partial charge in [-0.15, -0.1) is 0 Å². The molecule has 1 aromatic heterocycles. The van der Waals surface area contributed by atoms with Gasteiger partial charge in [0.1, 0.15) is 12.7 Å². The Bertz CT molecular complexity index is 878. The first-order valence-electron chi connectivity index (χ1n) is 8.45. The predicted octanol–water partition coefficient (Wildman–Crippen LogP) is -0.980. The van der Waals surface area contributed by atoms with E-state index in [0.717, 1.165) is 31.7 Å². The van der Waals surface area contributed by atoms with E-state index in [1.165, 1.54) is 0 Å². The molecule has 1 fully saturated rings. The fourth-order valence-electron chi connectivity index (χ4n) is 2.81. The van der Waals surface area contributed by atoms with Crippen LogP contribution in [-0.4, -0.2) is 63.3 Å². The molecule has 164 valence electrons. The Morgan fingerprint density at radius 1 is 1.20 bits per heavy atom. The van der Waals surface area contributed by atoms with Gasteiger partial charge in [0, 0.05) is 20.8 Å². The number of guanidine groups is 1. The maximum absolute atomic E-state index is 11.7. The molecule has 0 unspecified atom stereocenters. The molecule has 15 heteroatoms. The van der Waals surface area contributed by atoms with Gasteiger partial charge in [-0.1, -0.05) is 0 Å². The molecule has 0 spiro atoms. The minimum Gasteiger partial charge on any atom is -0.463 e. The molecule has 0 aromatic carbocycles. The van der Waals surface area contributed by atoms with E-state index < -0.39 is 65.0 Å². The molecule has 30 heavy (non-hydrogen) atoms. The lowest BCUT2D eigenvalue weighted by Gasteiger charge is -2.23. The van der Waals surface area contributed by atoms with Gasteiger partial charge in [0.05, 0.1) is 0 Å². The van der Waals surface area contributed by atoms with Crippen molar-refractivity contribution in [3.05, 3.63) is 16.4 Å². The fourth-order valence-corrected chi connectivity index (χ4v) is 2.81. The molecule has 4 N–H and O–H groups in total. The summed E-state index contributed by atoms with van der Waals surface area (Å²) in [7, 11) is 0. The minimum absolute atomic E-state index is 0.351. The van der Waals surface area contributed by atoms with Gasteiger partial charge >= 0.3 is 23.7 Å². The van der Waals surface area contributed by atoms with Gasteiger partial charge in [-0.25, -0.2) is 0 Å². The molecule has 0 bridgehead atoms. The second-order valence-electron chi connectivity index (χ2n) is 6.11. The van der Waals surface area contributed by atoms with E-state index in [9.17, 15) is 24.5 Å². The highest BCUT2D eigenvalue weighted by molar-refractivity contribution is 5.79. The molecule has 0 aliphatic carbocycles. The van der Waals surface area contributed by atoms with Crippen molar-refractivity contribution in [2.75, 3.05) is 6.61 Å². The second-order valence-corrected chi connectivity index (χ2v) is 6.11. The number of esters is 3. The molecule has 1 aliphatic heterocycles. The highest BCUT2D eigenvalue weighted by Gasteiger charge is 2.52. The lowest BCUT2D eigenvalue weighted by atomic mass is 10.1. The summed E-state index contributed by atoms with van der Waals surface area (Å²) >= 11 is 0. The second kappa shape index (κ2) is 9.17. The number of carbonyl (C=O) groups excluding carboxylic acids is 3. The number of aromatic nitrogens is 2. The Morgan fingerprint density at radius 3 is 2.30 bits per heavy atom. The van der Waals surface area contributed by atoms with Gasteiger partial charge in [0.25, 0.3) is 0 Å². The van der Waals surface area contributed by atoms with Gasteiger partial charge < -0.3 is 40.5 Å². The van der Waals surface area contributed by atoms with Crippen LogP contribution in [0.1, 0.15) is 27.0 Å². The third-order valence-corrected chi connectivity index (χ3v) is 3.77. The summed E-state index contributed by atoms with van der Waals surface area (Å²) < 4.78 is 22.2. The zero-order chi connectivity index (χ0) is 22.6. The van der Waals surface area contributed by atoms with E-state index in [1.807, 2.05) is 0 Å². The Hall–Kier alpha value is -3.75. The third-order valence-electron chi connectivity index (χ3n) is 3.77. The molecule has 0 saturated carbocycles. The molecule has 1 saturated heterocycles. The largest absolute Gasteiger partial charge is 0.463 e. The summed E-state index contributed by atoms with van der Waals surface area (Å²) in [5, 5.41) is 11.3. The Morgan fingerprint density at radius 2 is 1.80 bits per heavy atom. The van der Waals surface area contributed by atoms with E-state index in [1.54, 1.807) is 0 Å². The van der Waals surface area contributed by atoms with E-state index in [-0.39, 0.29) is 6.61 Å². The number of hydrogen-bond acceptors (Lipinski definition) is 11. The molecule has 4 atom stereocenters. The average Bonchev–Trinajstić information content (AvgIpc) is 3.14. The molecule has 2 rings (SSSR count). The Labute approximate surface area is 169 Å². The van der Waals surface area contributed by atoms with E-state index >= 15 is 0 Å². The molecule has 0 amide bonds. The number of hydrogen-bond donors (Lipinski definition) is 2. The van der Waals surface area contributed by atoms with Gasteiger partial charge in [-0.2, -0.15) is 4.99 Å². The normalized spacial score (nSPS) is 22.8. The van der Waals surface area contributed by atoms with Gasteiger partial charge in [0.15, 0.2) is 24.4 Å². The summed E-state index contributed by atoms with van der Waals surface area (Å²) in [6.45, 7) is 3.03. The summed E-state index contributed by atoms with van der Waals surface area (Å²) in [4.78, 5) is 52.2. The molecular formula is C15H20N6O9. The van der Waals surface area contributed by atoms with Crippen LogP contribution < -0.4 is 11.5 Å². The lowest BCUT2D eigenvalue weighted by molar-refractivity contribution is -0.388. The van der Waals surface area contributed by atoms with Gasteiger partial charge in [-0.3, -0.25) is 19.0 Å². The smallest absolute Gasteiger partial charge is 0.409 e. The number of rotatable bonds is 7. The van der Waals surface area contributed by atoms with Crippen molar-refractivity contribution >= 4 is 35.5 Å². The molecule has 1 aliphatic rings. The van der Waals surface area contributed by atoms with Crippen LogP contribution in [0.15, 0.2) is 11.3 Å². The summed E-state index contributed by atoms with van der Waals surface area (Å²) in [6, 6.07) is 0. The van der Waals surface area contributed by atoms with Crippen LogP contribution in [-0.2, 0) is 33.3 Å². The molecule has 15 nitrogen and oxygen atoms in total. The molecular weight excluding hydrogens is 408 g/mol. The van der Waals surface area contributed by atoms with Crippen molar-refractivity contribution in [1.82, 2.24) is 9.55 Å². The Balaban J connectivity index is 2.54. The van der Waals surface area contributed by atoms with E-state index in [4.69, 9.17) is 30.4 Å². The first-order chi connectivity index (χ1) is 14.0. The summed E-state index contributed by atoms with van der Waals surface area (Å²) in [6.07, 6.45) is -3.85. The molecule has 0 radical (unpaired) electrons. The van der Waals surface area contributed by atoms with Crippen LogP contribution in [0, 0.1) is 10.1 Å². The first-order valence-corrected chi connectivity index (χ1v) is 8.45. The highest BCUT2D eigenvalue weighted by Crippen LogP contribution is 2.39. The standard InChI is InChI=1S/C15H20N6O9/c1-6(22)27-4-9-10(28-7(2)23)11(29-8(3)24)14(30-9)20-5-18-12(21(25)26)13(20)19-15(16)17/h5,9-11,14H,4H2,1-3H3,(H4,16,17,19)/t9-,10-,11-,14-/m1/s1. The van der Waals surface area contributed by atoms with Crippen LogP contribution in [0.2, 0.25) is 0 Å². The zero-order valence-corrected chi connectivity index (χ0v) is 16.2. The van der Waals surface area contributed by atoms with Gasteiger partial charge in [0.2, 0.25) is 12.1 Å². The number of nitrogens with two attached hydrogens (primary N) is 2. The average molecular weight is 428 g/mol. The lowest BCUT2D eigenvalue weighted by Crippen LogP contribution is -2.40. The van der Waals surface area contributed by atoms with Crippen molar-refractivity contribution in [3.8, 4) is 0 Å². The third kappa shape index (κ3) is 5.19. The number of ether oxygens (including phenoxy) is 4. The van der Waals surface area contributed by atoms with E-state index in [0.29, 0.717) is 0 Å². The van der Waals surface area contributed by atoms with Crippen molar-refractivity contribution in [3.63, 3.8) is 0 Å². The number of imidazole rings is 1. The topological polar surface area (TPSA) is 213 Å². The van der Waals surface area contributed by atoms with E-state index in [2.05, 4.69) is 9.98 Å². The monoisotopic (exact) mass is 428 g/mol.